The number of ether oxygens (including phenoxy) is 1. The van der Waals surface area contributed by atoms with E-state index in [0.717, 1.165) is 30.5 Å². The van der Waals surface area contributed by atoms with Gasteiger partial charge in [0.15, 0.2) is 0 Å². The summed E-state index contributed by atoms with van der Waals surface area (Å²) in [6.45, 7) is 1.86. The predicted molar refractivity (Wildman–Crippen MR) is 150 cm³/mol. The van der Waals surface area contributed by atoms with Crippen molar-refractivity contribution in [1.29, 1.82) is 0 Å². The summed E-state index contributed by atoms with van der Waals surface area (Å²) in [7, 11) is -7.97. The van der Waals surface area contributed by atoms with Gasteiger partial charge in [0.05, 0.1) is 27.6 Å². The zero-order chi connectivity index (χ0) is 30.5. The van der Waals surface area contributed by atoms with Gasteiger partial charge in [0.1, 0.15) is 18.9 Å². The molecule has 4 rings (SSSR count). The fourth-order valence-corrected chi connectivity index (χ4v) is 7.25. The maximum absolute atomic E-state index is 13.4. The fraction of sp³-hybridized carbons (Fsp3) is 0.321. The molecule has 0 spiro atoms. The second kappa shape index (κ2) is 12.7. The molecule has 0 aromatic heterocycles. The van der Waals surface area contributed by atoms with E-state index in [1.165, 1.54) is 46.8 Å². The number of benzene rings is 3. The SMILES string of the molecule is Cc1ccc(S(=O)(=O)N(CC(=O)NCCOc2ccc(S(=O)(=O)N3CCCC3)cc2)c2cccc(C(F)(F)F)c2)cc1. The summed E-state index contributed by atoms with van der Waals surface area (Å²) in [5.74, 6) is -0.407. The molecule has 1 N–H and O–H groups in total. The summed E-state index contributed by atoms with van der Waals surface area (Å²) in [6, 6.07) is 15.3. The number of aryl methyl sites for hydroxylation is 1. The lowest BCUT2D eigenvalue weighted by molar-refractivity contribution is -0.137. The van der Waals surface area contributed by atoms with E-state index in [1.807, 2.05) is 0 Å². The molecule has 9 nitrogen and oxygen atoms in total. The Bertz CT molecular complexity index is 1610. The highest BCUT2D eigenvalue weighted by molar-refractivity contribution is 7.92. The molecule has 1 amide bonds. The van der Waals surface area contributed by atoms with Crippen LogP contribution in [0.1, 0.15) is 24.0 Å². The summed E-state index contributed by atoms with van der Waals surface area (Å²) in [6.07, 6.45) is -3.07. The first-order valence-electron chi connectivity index (χ1n) is 13.0. The Balaban J connectivity index is 1.41. The third-order valence-corrected chi connectivity index (χ3v) is 10.3. The van der Waals surface area contributed by atoms with Gasteiger partial charge in [-0.2, -0.15) is 17.5 Å². The number of nitrogens with zero attached hydrogens (tertiary/aromatic N) is 2. The minimum absolute atomic E-state index is 0.0295. The van der Waals surface area contributed by atoms with Crippen LogP contribution in [0.5, 0.6) is 5.75 Å². The van der Waals surface area contributed by atoms with Gasteiger partial charge in [-0.1, -0.05) is 23.8 Å². The van der Waals surface area contributed by atoms with Crippen molar-refractivity contribution >= 4 is 31.6 Å². The van der Waals surface area contributed by atoms with Gasteiger partial charge < -0.3 is 10.1 Å². The Labute approximate surface area is 243 Å². The number of carbonyl (C=O) groups is 1. The fourth-order valence-electron chi connectivity index (χ4n) is 4.32. The van der Waals surface area contributed by atoms with Crippen LogP contribution < -0.4 is 14.4 Å². The topological polar surface area (TPSA) is 113 Å². The van der Waals surface area contributed by atoms with Gasteiger partial charge in [0.2, 0.25) is 15.9 Å². The molecule has 1 heterocycles. The number of carbonyl (C=O) groups excluding carboxylic acids is 1. The Hall–Kier alpha value is -3.62. The predicted octanol–water partition coefficient (Wildman–Crippen LogP) is 4.19. The summed E-state index contributed by atoms with van der Waals surface area (Å²) in [5.41, 5.74) is -0.599. The Kier molecular flexibility index (Phi) is 9.48. The van der Waals surface area contributed by atoms with E-state index in [0.29, 0.717) is 29.2 Å². The molecule has 0 bridgehead atoms. The molecular formula is C28H30F3N3O6S2. The van der Waals surface area contributed by atoms with Gasteiger partial charge in [-0.3, -0.25) is 9.10 Å². The van der Waals surface area contributed by atoms with Gasteiger partial charge in [0.25, 0.3) is 10.0 Å². The molecule has 42 heavy (non-hydrogen) atoms. The van der Waals surface area contributed by atoms with E-state index in [-0.39, 0.29) is 28.6 Å². The number of rotatable bonds is 11. The van der Waals surface area contributed by atoms with Crippen molar-refractivity contribution < 1.29 is 39.5 Å². The van der Waals surface area contributed by atoms with Crippen molar-refractivity contribution in [2.24, 2.45) is 0 Å². The van der Waals surface area contributed by atoms with Crippen molar-refractivity contribution in [2.45, 2.75) is 35.7 Å². The zero-order valence-electron chi connectivity index (χ0n) is 22.7. The maximum Gasteiger partial charge on any atom is 0.416 e. The van der Waals surface area contributed by atoms with Crippen LogP contribution in [0.15, 0.2) is 82.6 Å². The summed E-state index contributed by atoms with van der Waals surface area (Å²) < 4.78 is 99.9. The first kappa shape index (κ1) is 31.3. The zero-order valence-corrected chi connectivity index (χ0v) is 24.3. The Morgan fingerprint density at radius 3 is 2.17 bits per heavy atom. The number of nitrogens with one attached hydrogen (secondary N) is 1. The molecule has 0 atom stereocenters. The second-order valence-electron chi connectivity index (χ2n) is 9.65. The number of halogens is 3. The van der Waals surface area contributed by atoms with E-state index in [4.69, 9.17) is 4.74 Å². The van der Waals surface area contributed by atoms with Crippen LogP contribution in [-0.4, -0.2) is 59.8 Å². The number of alkyl halides is 3. The molecule has 1 saturated heterocycles. The van der Waals surface area contributed by atoms with E-state index >= 15 is 0 Å². The molecule has 3 aromatic rings. The van der Waals surface area contributed by atoms with E-state index in [1.54, 1.807) is 19.1 Å². The second-order valence-corrected chi connectivity index (χ2v) is 13.5. The average molecular weight is 626 g/mol. The number of anilines is 1. The van der Waals surface area contributed by atoms with Crippen molar-refractivity contribution in [1.82, 2.24) is 9.62 Å². The van der Waals surface area contributed by atoms with Crippen LogP contribution in [-0.2, 0) is 31.0 Å². The largest absolute Gasteiger partial charge is 0.492 e. The van der Waals surface area contributed by atoms with Gasteiger partial charge >= 0.3 is 6.18 Å². The molecule has 1 aliphatic heterocycles. The van der Waals surface area contributed by atoms with Crippen LogP contribution in [0.2, 0.25) is 0 Å². The molecule has 0 radical (unpaired) electrons. The minimum atomic E-state index is -4.72. The highest BCUT2D eigenvalue weighted by Gasteiger charge is 2.33. The van der Waals surface area contributed by atoms with Crippen LogP contribution in [0.4, 0.5) is 18.9 Å². The van der Waals surface area contributed by atoms with Crippen LogP contribution >= 0.6 is 0 Å². The third kappa shape index (κ3) is 7.41. The molecule has 0 aliphatic carbocycles. The van der Waals surface area contributed by atoms with Crippen molar-refractivity contribution in [3.63, 3.8) is 0 Å². The molecule has 0 unspecified atom stereocenters. The summed E-state index contributed by atoms with van der Waals surface area (Å²) in [4.78, 5) is 12.7. The number of amides is 1. The molecule has 226 valence electrons. The molecular weight excluding hydrogens is 595 g/mol. The number of hydrogen-bond donors (Lipinski definition) is 1. The van der Waals surface area contributed by atoms with Crippen LogP contribution in [0, 0.1) is 6.92 Å². The van der Waals surface area contributed by atoms with Crippen LogP contribution in [0.3, 0.4) is 0 Å². The quantitative estimate of drug-likeness (QED) is 0.320. The lowest BCUT2D eigenvalue weighted by atomic mass is 10.2. The summed E-state index contributed by atoms with van der Waals surface area (Å²) in [5, 5.41) is 2.51. The van der Waals surface area contributed by atoms with E-state index < -0.39 is 44.2 Å². The van der Waals surface area contributed by atoms with E-state index in [9.17, 15) is 34.8 Å². The van der Waals surface area contributed by atoms with Crippen molar-refractivity contribution in [3.05, 3.63) is 83.9 Å². The summed E-state index contributed by atoms with van der Waals surface area (Å²) >= 11 is 0. The standard InChI is InChI=1S/C28H30F3N3O6S2/c1-21-7-11-26(12-8-21)42(38,39)34(23-6-4-5-22(19-23)28(29,30)31)20-27(35)32-15-18-40-24-9-13-25(14-10-24)41(36,37)33-16-2-3-17-33/h4-14,19H,2-3,15-18,20H2,1H3,(H,32,35). The first-order chi connectivity index (χ1) is 19.8. The Morgan fingerprint density at radius 1 is 0.929 bits per heavy atom. The highest BCUT2D eigenvalue weighted by Crippen LogP contribution is 2.33. The van der Waals surface area contributed by atoms with Crippen molar-refractivity contribution in [3.8, 4) is 5.75 Å². The lowest BCUT2D eigenvalue weighted by Crippen LogP contribution is -2.42. The molecule has 14 heteroatoms. The van der Waals surface area contributed by atoms with E-state index in [2.05, 4.69) is 5.32 Å². The minimum Gasteiger partial charge on any atom is -0.492 e. The average Bonchev–Trinajstić information content (AvgIpc) is 3.50. The van der Waals surface area contributed by atoms with Gasteiger partial charge in [-0.15, -0.1) is 0 Å². The number of hydrogen-bond acceptors (Lipinski definition) is 6. The van der Waals surface area contributed by atoms with Gasteiger partial charge in [0, 0.05) is 13.1 Å². The highest BCUT2D eigenvalue weighted by atomic mass is 32.2. The Morgan fingerprint density at radius 2 is 1.55 bits per heavy atom. The monoisotopic (exact) mass is 625 g/mol. The molecule has 0 saturated carbocycles. The number of sulfonamides is 2. The smallest absolute Gasteiger partial charge is 0.416 e. The van der Waals surface area contributed by atoms with Gasteiger partial charge in [-0.25, -0.2) is 16.8 Å². The maximum atomic E-state index is 13.4. The lowest BCUT2D eigenvalue weighted by Gasteiger charge is -2.25. The molecule has 1 aliphatic rings. The third-order valence-electron chi connectivity index (χ3n) is 6.58. The normalized spacial score (nSPS) is 14.5. The van der Waals surface area contributed by atoms with Crippen molar-refractivity contribution in [2.75, 3.05) is 37.1 Å². The molecule has 3 aromatic carbocycles. The van der Waals surface area contributed by atoms with Crippen LogP contribution in [0.25, 0.3) is 0 Å². The first-order valence-corrected chi connectivity index (χ1v) is 15.9. The van der Waals surface area contributed by atoms with Gasteiger partial charge in [-0.05, 0) is 74.4 Å². The molecule has 1 fully saturated rings.